The molecule has 3 N–H and O–H groups in total. The Hall–Kier alpha value is -2.21. The molecule has 5 nitrogen and oxygen atoms in total. The van der Waals surface area contributed by atoms with Crippen molar-refractivity contribution in [1.29, 1.82) is 0 Å². The molecule has 2 atom stereocenters. The van der Waals surface area contributed by atoms with Crippen molar-refractivity contribution in [3.8, 4) is 5.75 Å². The predicted octanol–water partition coefficient (Wildman–Crippen LogP) is 3.24. The molecule has 154 valence electrons. The van der Waals surface area contributed by atoms with Crippen LogP contribution in [-0.2, 0) is 11.2 Å². The Kier molecular flexibility index (Phi) is 5.99. The van der Waals surface area contributed by atoms with Gasteiger partial charge in [-0.15, -0.1) is 0 Å². The number of carbonyl (C=O) groups is 1. The second-order valence-corrected chi connectivity index (χ2v) is 8.30. The zero-order chi connectivity index (χ0) is 20.4. The number of phenols is 1. The molecule has 4 rings (SSSR count). The Morgan fingerprint density at radius 1 is 1.17 bits per heavy atom. The van der Waals surface area contributed by atoms with Crippen LogP contribution in [0.1, 0.15) is 46.0 Å². The van der Waals surface area contributed by atoms with Crippen molar-refractivity contribution in [2.45, 2.75) is 38.4 Å². The summed E-state index contributed by atoms with van der Waals surface area (Å²) in [6, 6.07) is 13.5. The number of nitrogens with two attached hydrogens (primary N) is 1. The second kappa shape index (κ2) is 8.66. The van der Waals surface area contributed by atoms with E-state index in [4.69, 9.17) is 10.5 Å². The Morgan fingerprint density at radius 2 is 1.90 bits per heavy atom. The highest BCUT2D eigenvalue weighted by molar-refractivity contribution is 5.97. The van der Waals surface area contributed by atoms with Gasteiger partial charge in [-0.2, -0.15) is 0 Å². The number of nitrogens with zero attached hydrogens (tertiary/aromatic N) is 1. The van der Waals surface area contributed by atoms with Gasteiger partial charge in [-0.25, -0.2) is 0 Å². The first-order chi connectivity index (χ1) is 14.1. The number of fused-ring (bicyclic) bond motifs is 1. The fourth-order valence-electron chi connectivity index (χ4n) is 4.68. The highest BCUT2D eigenvalue weighted by Crippen LogP contribution is 2.40. The highest BCUT2D eigenvalue weighted by atomic mass is 16.5. The van der Waals surface area contributed by atoms with Gasteiger partial charge in [-0.05, 0) is 49.9 Å². The smallest absolute Gasteiger partial charge is 0.176 e. The molecular formula is C24H30N2O3. The summed E-state index contributed by atoms with van der Waals surface area (Å²) in [6.07, 6.45) is 2.62. The summed E-state index contributed by atoms with van der Waals surface area (Å²) in [6.45, 7) is 4.60. The van der Waals surface area contributed by atoms with E-state index in [1.807, 2.05) is 49.4 Å². The number of likely N-dealkylation sites (tertiary alicyclic amines) is 1. The van der Waals surface area contributed by atoms with E-state index in [2.05, 4.69) is 4.90 Å². The molecule has 0 saturated carbocycles. The first-order valence-corrected chi connectivity index (χ1v) is 10.5. The SMILES string of the molecule is Cc1ccc2c(c1O)CC(C1CCN(CC(=O)c3ccccc3)CC1)OC2CN. The summed E-state index contributed by atoms with van der Waals surface area (Å²) in [5.41, 5.74) is 9.68. The van der Waals surface area contributed by atoms with Crippen LogP contribution in [-0.4, -0.2) is 48.1 Å². The van der Waals surface area contributed by atoms with Gasteiger partial charge in [0.15, 0.2) is 5.78 Å². The van der Waals surface area contributed by atoms with Gasteiger partial charge in [0.2, 0.25) is 0 Å². The standard InChI is InChI=1S/C24H30N2O3/c1-16-7-8-19-20(24(16)28)13-22(29-23(19)14-25)18-9-11-26(12-10-18)15-21(27)17-5-3-2-4-6-17/h2-8,18,22-23,28H,9-15,25H2,1H3. The van der Waals surface area contributed by atoms with Crippen molar-refractivity contribution < 1.29 is 14.6 Å². The van der Waals surface area contributed by atoms with E-state index in [9.17, 15) is 9.90 Å². The lowest BCUT2D eigenvalue weighted by molar-refractivity contribution is -0.0642. The van der Waals surface area contributed by atoms with Crippen molar-refractivity contribution in [2.75, 3.05) is 26.2 Å². The number of benzene rings is 2. The van der Waals surface area contributed by atoms with Gasteiger partial charge in [0.1, 0.15) is 5.75 Å². The molecule has 2 heterocycles. The topological polar surface area (TPSA) is 75.8 Å². The number of hydrogen-bond donors (Lipinski definition) is 2. The summed E-state index contributed by atoms with van der Waals surface area (Å²) in [7, 11) is 0. The van der Waals surface area contributed by atoms with Crippen LogP contribution in [0, 0.1) is 12.8 Å². The third-order valence-electron chi connectivity index (χ3n) is 6.45. The molecule has 0 amide bonds. The van der Waals surface area contributed by atoms with E-state index in [1.54, 1.807) is 0 Å². The van der Waals surface area contributed by atoms with Gasteiger partial charge in [-0.3, -0.25) is 9.69 Å². The van der Waals surface area contributed by atoms with Crippen LogP contribution < -0.4 is 5.73 Å². The molecule has 0 aromatic heterocycles. The average molecular weight is 395 g/mol. The van der Waals surface area contributed by atoms with Crippen LogP contribution in [0.2, 0.25) is 0 Å². The molecule has 29 heavy (non-hydrogen) atoms. The summed E-state index contributed by atoms with van der Waals surface area (Å²) in [5.74, 6) is 0.982. The minimum absolute atomic E-state index is 0.0655. The number of ether oxygens (including phenoxy) is 1. The van der Waals surface area contributed by atoms with Crippen molar-refractivity contribution >= 4 is 5.78 Å². The van der Waals surface area contributed by atoms with Gasteiger partial charge >= 0.3 is 0 Å². The average Bonchev–Trinajstić information content (AvgIpc) is 2.77. The fraction of sp³-hybridized carbons (Fsp3) is 0.458. The minimum atomic E-state index is -0.159. The van der Waals surface area contributed by atoms with Crippen molar-refractivity contribution in [2.24, 2.45) is 11.7 Å². The zero-order valence-corrected chi connectivity index (χ0v) is 17.0. The van der Waals surface area contributed by atoms with Crippen molar-refractivity contribution in [3.05, 3.63) is 64.7 Å². The molecule has 5 heteroatoms. The number of carbonyl (C=O) groups excluding carboxylic acids is 1. The molecule has 2 unspecified atom stereocenters. The van der Waals surface area contributed by atoms with Crippen LogP contribution in [0.3, 0.4) is 0 Å². The first-order valence-electron chi connectivity index (χ1n) is 10.5. The van der Waals surface area contributed by atoms with Gasteiger partial charge in [0.25, 0.3) is 0 Å². The van der Waals surface area contributed by atoms with Gasteiger partial charge < -0.3 is 15.6 Å². The largest absolute Gasteiger partial charge is 0.507 e. The highest BCUT2D eigenvalue weighted by Gasteiger charge is 2.35. The predicted molar refractivity (Wildman–Crippen MR) is 113 cm³/mol. The van der Waals surface area contributed by atoms with Crippen LogP contribution >= 0.6 is 0 Å². The molecule has 0 aliphatic carbocycles. The molecule has 2 aromatic carbocycles. The molecule has 2 aromatic rings. The van der Waals surface area contributed by atoms with Crippen molar-refractivity contribution in [3.63, 3.8) is 0 Å². The molecule has 2 aliphatic heterocycles. The Labute approximate surface area is 172 Å². The summed E-state index contributed by atoms with van der Waals surface area (Å²) >= 11 is 0. The van der Waals surface area contributed by atoms with E-state index in [1.165, 1.54) is 0 Å². The normalized spacial score (nSPS) is 23.0. The van der Waals surface area contributed by atoms with Gasteiger partial charge in [-0.1, -0.05) is 42.5 Å². The molecule has 0 spiro atoms. The lowest BCUT2D eigenvalue weighted by Gasteiger charge is -2.40. The monoisotopic (exact) mass is 394 g/mol. The number of piperidine rings is 1. The van der Waals surface area contributed by atoms with E-state index in [-0.39, 0.29) is 18.0 Å². The molecule has 1 saturated heterocycles. The van der Waals surface area contributed by atoms with Crippen LogP contribution in [0.4, 0.5) is 0 Å². The van der Waals surface area contributed by atoms with Crippen LogP contribution in [0.15, 0.2) is 42.5 Å². The quantitative estimate of drug-likeness (QED) is 0.762. The van der Waals surface area contributed by atoms with E-state index < -0.39 is 0 Å². The number of aromatic hydroxyl groups is 1. The number of rotatable bonds is 5. The maximum atomic E-state index is 12.5. The first kappa shape index (κ1) is 20.1. The van der Waals surface area contributed by atoms with E-state index >= 15 is 0 Å². The van der Waals surface area contributed by atoms with E-state index in [0.29, 0.717) is 24.8 Å². The fourth-order valence-corrected chi connectivity index (χ4v) is 4.68. The number of phenolic OH excluding ortho intramolecular Hbond substituents is 1. The zero-order valence-electron chi connectivity index (χ0n) is 17.0. The maximum Gasteiger partial charge on any atom is 0.176 e. The van der Waals surface area contributed by atoms with E-state index in [0.717, 1.165) is 54.6 Å². The summed E-state index contributed by atoms with van der Waals surface area (Å²) in [4.78, 5) is 14.7. The number of aryl methyl sites for hydroxylation is 1. The Bertz CT molecular complexity index is 860. The molecule has 0 bridgehead atoms. The third-order valence-corrected chi connectivity index (χ3v) is 6.45. The lowest BCUT2D eigenvalue weighted by atomic mass is 9.83. The molecule has 2 aliphatic rings. The number of Topliss-reactive ketones (excluding diaryl/α,β-unsaturated/α-hetero) is 1. The molecular weight excluding hydrogens is 364 g/mol. The summed E-state index contributed by atoms with van der Waals surface area (Å²) < 4.78 is 6.36. The Balaban J connectivity index is 1.38. The van der Waals surface area contributed by atoms with Gasteiger partial charge in [0, 0.05) is 24.1 Å². The number of hydrogen-bond acceptors (Lipinski definition) is 5. The van der Waals surface area contributed by atoms with Crippen LogP contribution in [0.25, 0.3) is 0 Å². The van der Waals surface area contributed by atoms with Crippen molar-refractivity contribution in [1.82, 2.24) is 4.90 Å². The number of ketones is 1. The van der Waals surface area contributed by atoms with Crippen LogP contribution in [0.5, 0.6) is 5.75 Å². The third kappa shape index (κ3) is 4.22. The maximum absolute atomic E-state index is 12.5. The Morgan fingerprint density at radius 3 is 2.59 bits per heavy atom. The second-order valence-electron chi connectivity index (χ2n) is 8.30. The minimum Gasteiger partial charge on any atom is -0.507 e. The molecule has 1 fully saturated rings. The summed E-state index contributed by atoms with van der Waals surface area (Å²) in [5, 5.41) is 10.6. The van der Waals surface area contributed by atoms with Gasteiger partial charge in [0.05, 0.1) is 18.8 Å². The molecule has 0 radical (unpaired) electrons. The lowest BCUT2D eigenvalue weighted by Crippen LogP contribution is -2.43.